The summed E-state index contributed by atoms with van der Waals surface area (Å²) in [6, 6.07) is 9.69. The maximum Gasteiger partial charge on any atom is 0.264 e. The third-order valence-electron chi connectivity index (χ3n) is 5.23. The van der Waals surface area contributed by atoms with Crippen LogP contribution in [0, 0.1) is 0 Å². The number of aromatic nitrogens is 1. The fraction of sp³-hybridized carbons (Fsp3) is 0.500. The van der Waals surface area contributed by atoms with Gasteiger partial charge in [0, 0.05) is 37.6 Å². The Morgan fingerprint density at radius 1 is 1.35 bits per heavy atom. The van der Waals surface area contributed by atoms with Gasteiger partial charge in [-0.15, -0.1) is 0 Å². The van der Waals surface area contributed by atoms with Gasteiger partial charge in [-0.05, 0) is 50.2 Å². The molecule has 2 aliphatic heterocycles. The number of hydrogen-bond acceptors (Lipinski definition) is 5. The van der Waals surface area contributed by atoms with Gasteiger partial charge < -0.3 is 20.1 Å². The first kappa shape index (κ1) is 17.2. The number of rotatable bonds is 5. The minimum absolute atomic E-state index is 0.0409. The molecule has 1 amide bonds. The lowest BCUT2D eigenvalue weighted by Crippen LogP contribution is -2.57. The van der Waals surface area contributed by atoms with E-state index < -0.39 is 5.60 Å². The Kier molecular flexibility index (Phi) is 5.04. The topological polar surface area (TPSA) is 72.5 Å². The van der Waals surface area contributed by atoms with E-state index in [0.717, 1.165) is 43.4 Å². The maximum atomic E-state index is 13.0. The van der Waals surface area contributed by atoms with E-state index in [1.165, 1.54) is 0 Å². The summed E-state index contributed by atoms with van der Waals surface area (Å²) in [6.45, 7) is 2.88. The van der Waals surface area contributed by atoms with E-state index in [2.05, 4.69) is 15.6 Å². The molecule has 6 heteroatoms. The molecule has 1 aromatic carbocycles. The Bertz CT molecular complexity index is 768. The van der Waals surface area contributed by atoms with Crippen molar-refractivity contribution in [1.29, 1.82) is 0 Å². The van der Waals surface area contributed by atoms with Crippen LogP contribution in [-0.4, -0.2) is 48.8 Å². The van der Waals surface area contributed by atoms with Gasteiger partial charge in [-0.3, -0.25) is 9.78 Å². The van der Waals surface area contributed by atoms with Crippen molar-refractivity contribution in [3.63, 3.8) is 0 Å². The minimum atomic E-state index is -0.834. The van der Waals surface area contributed by atoms with Crippen LogP contribution in [0.5, 0.6) is 5.75 Å². The summed E-state index contributed by atoms with van der Waals surface area (Å²) in [4.78, 5) is 17.3. The Morgan fingerprint density at radius 3 is 3.04 bits per heavy atom. The minimum Gasteiger partial charge on any atom is -0.477 e. The van der Waals surface area contributed by atoms with Crippen molar-refractivity contribution in [2.24, 2.45) is 0 Å². The molecule has 0 aliphatic carbocycles. The molecule has 138 valence electrons. The SMILES string of the molecule is O=C(NC[C@@H]1CCCO1)C1(Oc2ccc3ncccc3c2)CCNCC1. The van der Waals surface area contributed by atoms with Crippen molar-refractivity contribution in [2.75, 3.05) is 26.2 Å². The van der Waals surface area contributed by atoms with E-state index in [-0.39, 0.29) is 12.0 Å². The van der Waals surface area contributed by atoms with E-state index in [4.69, 9.17) is 9.47 Å². The molecule has 2 aliphatic rings. The molecule has 2 aromatic rings. The molecule has 2 saturated heterocycles. The molecule has 2 fully saturated rings. The van der Waals surface area contributed by atoms with Crippen LogP contribution in [0.2, 0.25) is 0 Å². The number of piperidine rings is 1. The summed E-state index contributed by atoms with van der Waals surface area (Å²) in [7, 11) is 0. The molecule has 2 N–H and O–H groups in total. The summed E-state index contributed by atoms with van der Waals surface area (Å²) in [5.41, 5.74) is 0.0850. The zero-order valence-corrected chi connectivity index (χ0v) is 14.9. The zero-order valence-electron chi connectivity index (χ0n) is 14.9. The van der Waals surface area contributed by atoms with Crippen LogP contribution in [0.1, 0.15) is 25.7 Å². The van der Waals surface area contributed by atoms with Crippen LogP contribution in [0.4, 0.5) is 0 Å². The van der Waals surface area contributed by atoms with Crippen molar-refractivity contribution >= 4 is 16.8 Å². The van der Waals surface area contributed by atoms with Gasteiger partial charge in [-0.1, -0.05) is 6.07 Å². The van der Waals surface area contributed by atoms with Gasteiger partial charge in [0.15, 0.2) is 5.60 Å². The molecule has 0 spiro atoms. The smallest absolute Gasteiger partial charge is 0.264 e. The molecule has 0 bridgehead atoms. The first-order valence-electron chi connectivity index (χ1n) is 9.40. The number of pyridine rings is 1. The van der Waals surface area contributed by atoms with Crippen LogP contribution in [0.15, 0.2) is 36.5 Å². The van der Waals surface area contributed by atoms with Gasteiger partial charge in [0.05, 0.1) is 11.6 Å². The molecular formula is C20H25N3O3. The van der Waals surface area contributed by atoms with Crippen LogP contribution >= 0.6 is 0 Å². The molecule has 26 heavy (non-hydrogen) atoms. The fourth-order valence-corrected chi connectivity index (χ4v) is 3.72. The Hall–Kier alpha value is -2.18. The van der Waals surface area contributed by atoms with Crippen LogP contribution in [-0.2, 0) is 9.53 Å². The first-order valence-corrected chi connectivity index (χ1v) is 9.40. The molecule has 1 atom stereocenters. The van der Waals surface area contributed by atoms with Crippen molar-refractivity contribution in [3.05, 3.63) is 36.5 Å². The number of nitrogens with zero attached hydrogens (tertiary/aromatic N) is 1. The highest BCUT2D eigenvalue weighted by atomic mass is 16.5. The van der Waals surface area contributed by atoms with Gasteiger partial charge in [-0.2, -0.15) is 0 Å². The Balaban J connectivity index is 1.51. The number of ether oxygens (including phenoxy) is 2. The van der Waals surface area contributed by atoms with Gasteiger partial charge in [0.1, 0.15) is 5.75 Å². The van der Waals surface area contributed by atoms with Crippen molar-refractivity contribution in [1.82, 2.24) is 15.6 Å². The summed E-state index contributed by atoms with van der Waals surface area (Å²) >= 11 is 0. The lowest BCUT2D eigenvalue weighted by Gasteiger charge is -2.36. The zero-order chi connectivity index (χ0) is 17.8. The summed E-state index contributed by atoms with van der Waals surface area (Å²) in [5, 5.41) is 7.38. The summed E-state index contributed by atoms with van der Waals surface area (Å²) in [5.74, 6) is 0.667. The third kappa shape index (κ3) is 3.66. The Labute approximate surface area is 153 Å². The van der Waals surface area contributed by atoms with Crippen molar-refractivity contribution in [2.45, 2.75) is 37.4 Å². The van der Waals surface area contributed by atoms with Crippen LogP contribution in [0.25, 0.3) is 10.9 Å². The monoisotopic (exact) mass is 355 g/mol. The molecule has 1 aromatic heterocycles. The molecule has 3 heterocycles. The van der Waals surface area contributed by atoms with Gasteiger partial charge in [-0.25, -0.2) is 0 Å². The molecule has 0 unspecified atom stereocenters. The lowest BCUT2D eigenvalue weighted by atomic mass is 9.90. The quantitative estimate of drug-likeness (QED) is 0.859. The van der Waals surface area contributed by atoms with E-state index >= 15 is 0 Å². The number of benzene rings is 1. The number of hydrogen-bond donors (Lipinski definition) is 2. The van der Waals surface area contributed by atoms with Crippen LogP contribution < -0.4 is 15.4 Å². The number of amides is 1. The Morgan fingerprint density at radius 2 is 2.23 bits per heavy atom. The predicted octanol–water partition coefficient (Wildman–Crippen LogP) is 2.03. The number of fused-ring (bicyclic) bond motifs is 1. The number of nitrogens with one attached hydrogen (secondary N) is 2. The van der Waals surface area contributed by atoms with Crippen molar-refractivity contribution in [3.8, 4) is 5.75 Å². The largest absolute Gasteiger partial charge is 0.477 e. The number of carbonyl (C=O) groups is 1. The average Bonchev–Trinajstić information content (AvgIpc) is 3.20. The average molecular weight is 355 g/mol. The summed E-state index contributed by atoms with van der Waals surface area (Å²) in [6.07, 6.45) is 5.27. The highest BCUT2D eigenvalue weighted by Crippen LogP contribution is 2.29. The highest BCUT2D eigenvalue weighted by molar-refractivity contribution is 5.86. The maximum absolute atomic E-state index is 13.0. The van der Waals surface area contributed by atoms with E-state index in [9.17, 15) is 4.79 Å². The lowest BCUT2D eigenvalue weighted by molar-refractivity contribution is -0.139. The second-order valence-corrected chi connectivity index (χ2v) is 7.05. The van der Waals surface area contributed by atoms with E-state index in [1.54, 1.807) is 6.20 Å². The van der Waals surface area contributed by atoms with Crippen molar-refractivity contribution < 1.29 is 14.3 Å². The molecule has 4 rings (SSSR count). The van der Waals surface area contributed by atoms with E-state index in [1.807, 2.05) is 30.3 Å². The van der Waals surface area contributed by atoms with Crippen LogP contribution in [0.3, 0.4) is 0 Å². The third-order valence-corrected chi connectivity index (χ3v) is 5.23. The first-order chi connectivity index (χ1) is 12.8. The van der Waals surface area contributed by atoms with Gasteiger partial charge in [0.25, 0.3) is 5.91 Å². The normalized spacial score (nSPS) is 22.2. The molecule has 6 nitrogen and oxygen atoms in total. The van der Waals surface area contributed by atoms with Gasteiger partial charge >= 0.3 is 0 Å². The van der Waals surface area contributed by atoms with Gasteiger partial charge in [0.2, 0.25) is 0 Å². The number of carbonyl (C=O) groups excluding carboxylic acids is 1. The standard InChI is InChI=1S/C20H25N3O3/c24-19(23-14-17-4-2-12-25-17)20(7-10-21-11-8-20)26-16-5-6-18-15(13-16)3-1-9-22-18/h1,3,5-6,9,13,17,21H,2,4,7-8,10-12,14H2,(H,23,24)/t17-/m0/s1. The fourth-order valence-electron chi connectivity index (χ4n) is 3.72. The summed E-state index contributed by atoms with van der Waals surface area (Å²) < 4.78 is 11.9. The molecule has 0 saturated carbocycles. The van der Waals surface area contributed by atoms with E-state index in [0.29, 0.717) is 25.1 Å². The predicted molar refractivity (Wildman–Crippen MR) is 99.2 cm³/mol. The highest BCUT2D eigenvalue weighted by Gasteiger charge is 2.42. The molecular weight excluding hydrogens is 330 g/mol. The second-order valence-electron chi connectivity index (χ2n) is 7.05. The second kappa shape index (κ2) is 7.60. The molecule has 0 radical (unpaired) electrons.